The molecule has 2 unspecified atom stereocenters. The standard InChI is InChI=1S/C19H26BrNO/c20-10-14-1-3-15(4-2-14)11-21-13-18-6-16-5-17(7-18)9-19(22,8-16)12-18/h1-4,16-17,21-22H,5-13H2. The van der Waals surface area contributed by atoms with Crippen LogP contribution in [0.1, 0.15) is 49.7 Å². The van der Waals surface area contributed by atoms with Crippen LogP contribution in [0.25, 0.3) is 0 Å². The Kier molecular flexibility index (Phi) is 3.87. The van der Waals surface area contributed by atoms with E-state index in [2.05, 4.69) is 45.5 Å². The Morgan fingerprint density at radius 2 is 1.68 bits per heavy atom. The van der Waals surface area contributed by atoms with Crippen molar-refractivity contribution in [1.82, 2.24) is 5.32 Å². The highest BCUT2D eigenvalue weighted by Gasteiger charge is 2.56. The molecule has 0 saturated heterocycles. The van der Waals surface area contributed by atoms with E-state index in [1.165, 1.54) is 30.4 Å². The van der Waals surface area contributed by atoms with E-state index in [1.54, 1.807) is 0 Å². The third-order valence-corrected chi connectivity index (χ3v) is 6.81. The largest absolute Gasteiger partial charge is 0.390 e. The predicted molar refractivity (Wildman–Crippen MR) is 92.8 cm³/mol. The lowest BCUT2D eigenvalue weighted by molar-refractivity contribution is -0.162. The van der Waals surface area contributed by atoms with Gasteiger partial charge in [-0.1, -0.05) is 40.2 Å². The lowest BCUT2D eigenvalue weighted by atomic mass is 9.48. The molecule has 2 N–H and O–H groups in total. The summed E-state index contributed by atoms with van der Waals surface area (Å²) < 4.78 is 0. The zero-order valence-electron chi connectivity index (χ0n) is 13.2. The Hall–Kier alpha value is -0.380. The van der Waals surface area contributed by atoms with E-state index in [1.807, 2.05) is 0 Å². The number of hydrogen-bond acceptors (Lipinski definition) is 2. The number of hydrogen-bond donors (Lipinski definition) is 2. The van der Waals surface area contributed by atoms with Gasteiger partial charge in [-0.2, -0.15) is 0 Å². The van der Waals surface area contributed by atoms with E-state index in [0.29, 0.717) is 5.41 Å². The maximum Gasteiger partial charge on any atom is 0.0658 e. The summed E-state index contributed by atoms with van der Waals surface area (Å²) in [4.78, 5) is 0. The summed E-state index contributed by atoms with van der Waals surface area (Å²) in [6.45, 7) is 2.01. The monoisotopic (exact) mass is 363 g/mol. The highest BCUT2D eigenvalue weighted by atomic mass is 79.9. The zero-order chi connectivity index (χ0) is 15.2. The summed E-state index contributed by atoms with van der Waals surface area (Å²) in [5, 5.41) is 15.4. The second-order valence-corrected chi connectivity index (χ2v) is 8.80. The summed E-state index contributed by atoms with van der Waals surface area (Å²) >= 11 is 3.49. The van der Waals surface area contributed by atoms with Gasteiger partial charge in [0.1, 0.15) is 0 Å². The second kappa shape index (κ2) is 5.61. The van der Waals surface area contributed by atoms with Gasteiger partial charge in [-0.25, -0.2) is 0 Å². The first kappa shape index (κ1) is 15.2. The van der Waals surface area contributed by atoms with Gasteiger partial charge < -0.3 is 10.4 Å². The van der Waals surface area contributed by atoms with Crippen molar-refractivity contribution in [2.75, 3.05) is 6.54 Å². The average Bonchev–Trinajstić information content (AvgIpc) is 2.45. The van der Waals surface area contributed by atoms with Gasteiger partial charge in [0.2, 0.25) is 0 Å². The smallest absolute Gasteiger partial charge is 0.0658 e. The number of aliphatic hydroxyl groups is 1. The minimum absolute atomic E-state index is 0.330. The van der Waals surface area contributed by atoms with E-state index in [4.69, 9.17) is 0 Å². The van der Waals surface area contributed by atoms with Crippen LogP contribution in [-0.2, 0) is 11.9 Å². The van der Waals surface area contributed by atoms with Crippen molar-refractivity contribution in [1.29, 1.82) is 0 Å². The lowest BCUT2D eigenvalue weighted by Gasteiger charge is -2.60. The molecule has 0 spiro atoms. The number of halogens is 1. The highest BCUT2D eigenvalue weighted by molar-refractivity contribution is 9.08. The van der Waals surface area contributed by atoms with Gasteiger partial charge >= 0.3 is 0 Å². The van der Waals surface area contributed by atoms with Crippen LogP contribution in [0.2, 0.25) is 0 Å². The SMILES string of the molecule is OC12CC3CC(C1)CC(CNCc1ccc(CBr)cc1)(C3)C2. The summed E-state index contributed by atoms with van der Waals surface area (Å²) in [7, 11) is 0. The van der Waals surface area contributed by atoms with Gasteiger partial charge in [-0.15, -0.1) is 0 Å². The minimum atomic E-state index is -0.330. The van der Waals surface area contributed by atoms with Gasteiger partial charge in [-0.05, 0) is 66.9 Å². The molecule has 3 heteroatoms. The molecule has 22 heavy (non-hydrogen) atoms. The number of alkyl halides is 1. The topological polar surface area (TPSA) is 32.3 Å². The molecule has 5 rings (SSSR count). The fourth-order valence-electron chi connectivity index (χ4n) is 5.83. The molecule has 2 nitrogen and oxygen atoms in total. The van der Waals surface area contributed by atoms with Crippen LogP contribution in [-0.4, -0.2) is 17.3 Å². The fourth-order valence-corrected chi connectivity index (χ4v) is 6.20. The van der Waals surface area contributed by atoms with Crippen molar-refractivity contribution in [2.45, 2.75) is 56.0 Å². The Balaban J connectivity index is 1.37. The maximum atomic E-state index is 10.8. The molecule has 0 aliphatic heterocycles. The van der Waals surface area contributed by atoms with Crippen LogP contribution in [0.15, 0.2) is 24.3 Å². The fraction of sp³-hybridized carbons (Fsp3) is 0.684. The van der Waals surface area contributed by atoms with Crippen molar-refractivity contribution < 1.29 is 5.11 Å². The third kappa shape index (κ3) is 2.88. The van der Waals surface area contributed by atoms with Crippen LogP contribution in [0.5, 0.6) is 0 Å². The molecule has 1 aromatic rings. The molecule has 2 atom stereocenters. The molecule has 0 amide bonds. The van der Waals surface area contributed by atoms with Gasteiger partial charge in [0, 0.05) is 18.4 Å². The molecule has 0 aromatic heterocycles. The van der Waals surface area contributed by atoms with Crippen molar-refractivity contribution >= 4 is 15.9 Å². The van der Waals surface area contributed by atoms with Gasteiger partial charge in [0.05, 0.1) is 5.60 Å². The number of rotatable bonds is 5. The Morgan fingerprint density at radius 1 is 1.05 bits per heavy atom. The quantitative estimate of drug-likeness (QED) is 0.774. The number of benzene rings is 1. The molecule has 4 saturated carbocycles. The molecule has 0 radical (unpaired) electrons. The van der Waals surface area contributed by atoms with Crippen molar-refractivity contribution in [3.05, 3.63) is 35.4 Å². The Morgan fingerprint density at radius 3 is 2.27 bits per heavy atom. The summed E-state index contributed by atoms with van der Waals surface area (Å²) in [5.74, 6) is 1.57. The molecular formula is C19H26BrNO. The first-order valence-corrected chi connectivity index (χ1v) is 9.77. The van der Waals surface area contributed by atoms with E-state index < -0.39 is 0 Å². The van der Waals surface area contributed by atoms with Crippen LogP contribution in [0.4, 0.5) is 0 Å². The normalized spacial score (nSPS) is 39.4. The first-order chi connectivity index (χ1) is 10.6. The van der Waals surface area contributed by atoms with Crippen LogP contribution in [0.3, 0.4) is 0 Å². The Labute approximate surface area is 141 Å². The van der Waals surface area contributed by atoms with Crippen LogP contribution >= 0.6 is 15.9 Å². The van der Waals surface area contributed by atoms with Crippen molar-refractivity contribution in [2.24, 2.45) is 17.3 Å². The summed E-state index contributed by atoms with van der Waals surface area (Å²) in [5.41, 5.74) is 2.72. The van der Waals surface area contributed by atoms with E-state index in [9.17, 15) is 5.11 Å². The van der Waals surface area contributed by atoms with Crippen molar-refractivity contribution in [3.63, 3.8) is 0 Å². The second-order valence-electron chi connectivity index (χ2n) is 8.24. The molecule has 4 bridgehead atoms. The maximum absolute atomic E-state index is 10.8. The average molecular weight is 364 g/mol. The van der Waals surface area contributed by atoms with Gasteiger partial charge in [0.25, 0.3) is 0 Å². The first-order valence-electron chi connectivity index (χ1n) is 8.65. The number of nitrogens with one attached hydrogen (secondary N) is 1. The van der Waals surface area contributed by atoms with Gasteiger partial charge in [0.15, 0.2) is 0 Å². The molecule has 120 valence electrons. The Bertz CT molecular complexity index is 527. The lowest BCUT2D eigenvalue weighted by Crippen LogP contribution is -2.58. The van der Waals surface area contributed by atoms with Crippen molar-refractivity contribution in [3.8, 4) is 0 Å². The molecular weight excluding hydrogens is 338 g/mol. The minimum Gasteiger partial charge on any atom is -0.390 e. The summed E-state index contributed by atoms with van der Waals surface area (Å²) in [6, 6.07) is 8.83. The van der Waals surface area contributed by atoms with E-state index >= 15 is 0 Å². The molecule has 4 aliphatic rings. The third-order valence-electron chi connectivity index (χ3n) is 6.16. The van der Waals surface area contributed by atoms with E-state index in [0.717, 1.165) is 49.5 Å². The predicted octanol–water partition coefficient (Wildman–Crippen LogP) is 4.00. The van der Waals surface area contributed by atoms with E-state index in [-0.39, 0.29) is 5.60 Å². The molecule has 1 aromatic carbocycles. The molecule has 4 aliphatic carbocycles. The molecule has 4 fully saturated rings. The highest BCUT2D eigenvalue weighted by Crippen LogP contribution is 2.61. The zero-order valence-corrected chi connectivity index (χ0v) is 14.7. The van der Waals surface area contributed by atoms with Crippen LogP contribution in [0, 0.1) is 17.3 Å². The van der Waals surface area contributed by atoms with Gasteiger partial charge in [-0.3, -0.25) is 0 Å². The van der Waals surface area contributed by atoms with Crippen LogP contribution < -0.4 is 5.32 Å². The summed E-state index contributed by atoms with van der Waals surface area (Å²) in [6.07, 6.45) is 7.21. The molecule has 0 heterocycles.